The van der Waals surface area contributed by atoms with Gasteiger partial charge in [0.2, 0.25) is 0 Å². The van der Waals surface area contributed by atoms with Crippen molar-refractivity contribution in [3.63, 3.8) is 0 Å². The Morgan fingerprint density at radius 3 is 2.65 bits per heavy atom. The van der Waals surface area contributed by atoms with Crippen molar-refractivity contribution in [2.24, 2.45) is 0 Å². The quantitative estimate of drug-likeness (QED) is 0.750. The topological polar surface area (TPSA) is 80.4 Å². The van der Waals surface area contributed by atoms with Gasteiger partial charge in [-0.3, -0.25) is 9.59 Å². The lowest BCUT2D eigenvalue weighted by Gasteiger charge is -2.16. The second kappa shape index (κ2) is 7.78. The van der Waals surface area contributed by atoms with Gasteiger partial charge in [-0.25, -0.2) is 0 Å². The molecular weight excluding hydrogens is 400 g/mol. The number of pyridine rings is 1. The number of nitrogens with one attached hydrogen (secondary N) is 2. The Balaban J connectivity index is 1.80. The molecule has 0 atom stereocenters. The van der Waals surface area contributed by atoms with E-state index in [9.17, 15) is 9.59 Å². The Morgan fingerprint density at radius 2 is 1.92 bits per heavy atom. The van der Waals surface area contributed by atoms with Crippen LogP contribution in [-0.2, 0) is 6.54 Å². The highest BCUT2D eigenvalue weighted by Gasteiger charge is 2.17. The van der Waals surface area contributed by atoms with Crippen molar-refractivity contribution in [3.05, 3.63) is 67.6 Å². The van der Waals surface area contributed by atoms with Crippen LogP contribution in [0.3, 0.4) is 0 Å². The number of carbonyl (C=O) groups is 1. The van der Waals surface area contributed by atoms with E-state index in [2.05, 4.69) is 26.2 Å². The van der Waals surface area contributed by atoms with Gasteiger partial charge in [0, 0.05) is 23.4 Å². The van der Waals surface area contributed by atoms with Gasteiger partial charge in [-0.05, 0) is 65.7 Å². The summed E-state index contributed by atoms with van der Waals surface area (Å²) in [6.07, 6.45) is 3.73. The van der Waals surface area contributed by atoms with Gasteiger partial charge >= 0.3 is 0 Å². The monoisotopic (exact) mass is 418 g/mol. The van der Waals surface area contributed by atoms with Gasteiger partial charge in [-0.2, -0.15) is 0 Å². The zero-order chi connectivity index (χ0) is 18.7. The van der Waals surface area contributed by atoms with Crippen molar-refractivity contribution >= 4 is 21.8 Å². The molecule has 136 valence electrons. The number of H-pyrrole nitrogens is 1. The van der Waals surface area contributed by atoms with E-state index < -0.39 is 0 Å². The highest BCUT2D eigenvalue weighted by atomic mass is 79.9. The van der Waals surface area contributed by atoms with E-state index in [1.165, 1.54) is 0 Å². The minimum absolute atomic E-state index is 0.148. The normalized spacial score (nSPS) is 13.0. The molecule has 0 radical (unpaired) electrons. The van der Waals surface area contributed by atoms with Gasteiger partial charge < -0.3 is 19.8 Å². The molecule has 2 N–H and O–H groups in total. The van der Waals surface area contributed by atoms with Crippen molar-refractivity contribution in [2.45, 2.75) is 20.4 Å². The lowest BCUT2D eigenvalue weighted by atomic mass is 10.1. The second-order valence-electron chi connectivity index (χ2n) is 6.00. The van der Waals surface area contributed by atoms with E-state index in [0.29, 0.717) is 40.3 Å². The van der Waals surface area contributed by atoms with Crippen LogP contribution < -0.4 is 20.3 Å². The van der Waals surface area contributed by atoms with E-state index >= 15 is 0 Å². The Morgan fingerprint density at radius 1 is 1.19 bits per heavy atom. The summed E-state index contributed by atoms with van der Waals surface area (Å²) in [5.74, 6) is 0.768. The number of hydrogen-bond acceptors (Lipinski definition) is 4. The molecule has 3 rings (SSSR count). The fourth-order valence-electron chi connectivity index (χ4n) is 2.72. The average molecular weight is 419 g/mol. The molecule has 1 aromatic heterocycles. The molecule has 0 unspecified atom stereocenters. The van der Waals surface area contributed by atoms with Gasteiger partial charge in [0.1, 0.15) is 13.2 Å². The first-order valence-electron chi connectivity index (χ1n) is 8.17. The van der Waals surface area contributed by atoms with E-state index in [4.69, 9.17) is 9.47 Å². The van der Waals surface area contributed by atoms with Crippen molar-refractivity contribution < 1.29 is 14.3 Å². The number of aryl methyl sites for hydroxylation is 2. The van der Waals surface area contributed by atoms with Gasteiger partial charge in [0.15, 0.2) is 11.5 Å². The molecule has 0 saturated heterocycles. The van der Waals surface area contributed by atoms with Crippen molar-refractivity contribution in [3.8, 4) is 11.5 Å². The number of carbonyl (C=O) groups excluding carboxylic acids is 1. The van der Waals surface area contributed by atoms with Crippen LogP contribution in [0.5, 0.6) is 11.5 Å². The van der Waals surface area contributed by atoms with Crippen LogP contribution in [0.4, 0.5) is 0 Å². The van der Waals surface area contributed by atoms with Crippen molar-refractivity contribution in [2.75, 3.05) is 13.2 Å². The molecule has 26 heavy (non-hydrogen) atoms. The first kappa shape index (κ1) is 18.3. The maximum atomic E-state index is 12.5. The molecule has 7 heteroatoms. The largest absolute Gasteiger partial charge is 0.486 e. The summed E-state index contributed by atoms with van der Waals surface area (Å²) in [6, 6.07) is 5.19. The standard InChI is InChI=1S/C19H19BrN2O4/c1-11-7-12(2)22-19(24)14(11)10-21-18(23)13-8-15(20)17-16(9-13)25-5-3-4-6-26-17/h3-4,7-9H,5-6,10H2,1-2H3,(H,21,23)(H,22,24). The number of benzene rings is 1. The van der Waals surface area contributed by atoms with Crippen LogP contribution in [-0.4, -0.2) is 24.1 Å². The third-order valence-electron chi connectivity index (χ3n) is 4.02. The van der Waals surface area contributed by atoms with Gasteiger partial charge in [-0.1, -0.05) is 0 Å². The fraction of sp³-hybridized carbons (Fsp3) is 0.263. The third-order valence-corrected chi connectivity index (χ3v) is 4.61. The first-order valence-corrected chi connectivity index (χ1v) is 8.96. The number of ether oxygens (including phenoxy) is 2. The summed E-state index contributed by atoms with van der Waals surface area (Å²) in [7, 11) is 0. The highest BCUT2D eigenvalue weighted by Crippen LogP contribution is 2.37. The van der Waals surface area contributed by atoms with E-state index in [-0.39, 0.29) is 18.0 Å². The maximum absolute atomic E-state index is 12.5. The number of halogens is 1. The van der Waals surface area contributed by atoms with Gasteiger partial charge in [0.25, 0.3) is 11.5 Å². The van der Waals surface area contributed by atoms with Gasteiger partial charge in [-0.15, -0.1) is 0 Å². The van der Waals surface area contributed by atoms with Crippen molar-refractivity contribution in [1.82, 2.24) is 10.3 Å². The smallest absolute Gasteiger partial charge is 0.253 e. The number of aromatic nitrogens is 1. The maximum Gasteiger partial charge on any atom is 0.253 e. The Bertz CT molecular complexity index is 934. The molecule has 1 aliphatic rings. The van der Waals surface area contributed by atoms with E-state index in [0.717, 1.165) is 11.3 Å². The Labute approximate surface area is 159 Å². The zero-order valence-electron chi connectivity index (χ0n) is 14.5. The average Bonchev–Trinajstić information content (AvgIpc) is 2.54. The van der Waals surface area contributed by atoms with Crippen molar-refractivity contribution in [1.29, 1.82) is 0 Å². The molecule has 0 bridgehead atoms. The molecule has 6 nitrogen and oxygen atoms in total. The molecule has 0 fully saturated rings. The van der Waals surface area contributed by atoms with Crippen LogP contribution in [0, 0.1) is 13.8 Å². The fourth-order valence-corrected chi connectivity index (χ4v) is 3.28. The molecule has 0 aliphatic carbocycles. The molecule has 2 heterocycles. The number of rotatable bonds is 3. The highest BCUT2D eigenvalue weighted by molar-refractivity contribution is 9.10. The zero-order valence-corrected chi connectivity index (χ0v) is 16.1. The Kier molecular flexibility index (Phi) is 5.46. The minimum Gasteiger partial charge on any atom is -0.486 e. The van der Waals surface area contributed by atoms with E-state index in [1.54, 1.807) is 12.1 Å². The van der Waals surface area contributed by atoms with Crippen LogP contribution in [0.25, 0.3) is 0 Å². The van der Waals surface area contributed by atoms with Crippen LogP contribution in [0.1, 0.15) is 27.2 Å². The SMILES string of the molecule is Cc1cc(C)c(CNC(=O)c2cc(Br)c3c(c2)OCC=CCO3)c(=O)[nH]1. The lowest BCUT2D eigenvalue weighted by molar-refractivity contribution is 0.0950. The molecule has 1 aliphatic heterocycles. The Hall–Kier alpha value is -2.54. The summed E-state index contributed by atoms with van der Waals surface area (Å²) in [4.78, 5) is 27.4. The number of aromatic amines is 1. The molecule has 1 aromatic carbocycles. The molecule has 0 saturated carbocycles. The van der Waals surface area contributed by atoms with E-state index in [1.807, 2.05) is 32.1 Å². The summed E-state index contributed by atoms with van der Waals surface area (Å²) in [5, 5.41) is 2.79. The second-order valence-corrected chi connectivity index (χ2v) is 6.86. The minimum atomic E-state index is -0.297. The summed E-state index contributed by atoms with van der Waals surface area (Å²) in [5.41, 5.74) is 2.41. The molecule has 2 aromatic rings. The number of hydrogen-bond donors (Lipinski definition) is 2. The number of fused-ring (bicyclic) bond motifs is 1. The molecule has 1 amide bonds. The van der Waals surface area contributed by atoms with Crippen LogP contribution >= 0.6 is 15.9 Å². The summed E-state index contributed by atoms with van der Waals surface area (Å²) >= 11 is 3.42. The third kappa shape index (κ3) is 3.99. The predicted octanol–water partition coefficient (Wildman–Crippen LogP) is 3.01. The first-order chi connectivity index (χ1) is 12.5. The van der Waals surface area contributed by atoms with Crippen LogP contribution in [0.2, 0.25) is 0 Å². The summed E-state index contributed by atoms with van der Waals surface area (Å²) in [6.45, 7) is 4.67. The van der Waals surface area contributed by atoms with Gasteiger partial charge in [0.05, 0.1) is 4.47 Å². The van der Waals surface area contributed by atoms with Crippen LogP contribution in [0.15, 0.2) is 39.6 Å². The number of amides is 1. The molecule has 0 spiro atoms. The summed E-state index contributed by atoms with van der Waals surface area (Å²) < 4.78 is 11.9. The lowest BCUT2D eigenvalue weighted by Crippen LogP contribution is -2.28. The predicted molar refractivity (Wildman–Crippen MR) is 102 cm³/mol. The molecular formula is C19H19BrN2O4.